The van der Waals surface area contributed by atoms with Crippen molar-refractivity contribution in [3.63, 3.8) is 0 Å². The maximum atomic E-state index is 12.4. The lowest BCUT2D eigenvalue weighted by Gasteiger charge is -2.13. The molecule has 30 heavy (non-hydrogen) atoms. The molecule has 0 atom stereocenters. The maximum Gasteiger partial charge on any atom is 0.306 e. The second-order valence-corrected chi connectivity index (χ2v) is 7.94. The molecule has 0 spiro atoms. The van der Waals surface area contributed by atoms with Gasteiger partial charge in [-0.3, -0.25) is 19.3 Å². The molecule has 4 rings (SSSR count). The highest BCUT2D eigenvalue weighted by Gasteiger charge is 2.35. The fourth-order valence-corrected chi connectivity index (χ4v) is 4.11. The number of carbonyl (C=O) groups is 3. The number of ether oxygens (including phenoxy) is 1. The Morgan fingerprint density at radius 1 is 1.07 bits per heavy atom. The number of hydrogen-bond donors (Lipinski definition) is 0. The summed E-state index contributed by atoms with van der Waals surface area (Å²) >= 11 is 1.50. The van der Waals surface area contributed by atoms with Gasteiger partial charge in [-0.2, -0.15) is 0 Å². The Hall–Kier alpha value is -3.32. The van der Waals surface area contributed by atoms with Gasteiger partial charge in [-0.1, -0.05) is 42.0 Å². The van der Waals surface area contributed by atoms with Crippen LogP contribution in [-0.4, -0.2) is 34.2 Å². The Labute approximate surface area is 178 Å². The van der Waals surface area contributed by atoms with Crippen LogP contribution in [0.3, 0.4) is 0 Å². The predicted molar refractivity (Wildman–Crippen MR) is 113 cm³/mol. The van der Waals surface area contributed by atoms with Gasteiger partial charge in [-0.25, -0.2) is 4.98 Å². The molecule has 0 saturated heterocycles. The third-order valence-electron chi connectivity index (χ3n) is 4.84. The van der Waals surface area contributed by atoms with Crippen LogP contribution in [0.5, 0.6) is 0 Å². The van der Waals surface area contributed by atoms with Crippen LogP contribution in [0.4, 0.5) is 0 Å². The van der Waals surface area contributed by atoms with E-state index in [1.54, 1.807) is 12.1 Å². The van der Waals surface area contributed by atoms with E-state index in [1.165, 1.54) is 16.2 Å². The molecule has 0 unspecified atom stereocenters. The largest absolute Gasteiger partial charge is 0.459 e. The van der Waals surface area contributed by atoms with Crippen molar-refractivity contribution in [1.82, 2.24) is 9.88 Å². The van der Waals surface area contributed by atoms with Crippen LogP contribution < -0.4 is 0 Å². The summed E-state index contributed by atoms with van der Waals surface area (Å²) in [5, 5.41) is 2.75. The van der Waals surface area contributed by atoms with Gasteiger partial charge in [0.1, 0.15) is 11.6 Å². The molecule has 7 heteroatoms. The molecule has 152 valence electrons. The van der Waals surface area contributed by atoms with E-state index >= 15 is 0 Å². The van der Waals surface area contributed by atoms with Crippen molar-refractivity contribution in [3.05, 3.63) is 76.3 Å². The molecule has 0 bridgehead atoms. The minimum Gasteiger partial charge on any atom is -0.459 e. The monoisotopic (exact) mass is 420 g/mol. The van der Waals surface area contributed by atoms with Crippen molar-refractivity contribution in [2.45, 2.75) is 26.4 Å². The van der Waals surface area contributed by atoms with Crippen LogP contribution in [0.1, 0.15) is 44.8 Å². The zero-order chi connectivity index (χ0) is 21.1. The molecule has 3 aromatic rings. The number of aromatic nitrogens is 1. The minimum atomic E-state index is -0.378. The Balaban J connectivity index is 1.25. The lowest BCUT2D eigenvalue weighted by Crippen LogP contribution is -2.31. The van der Waals surface area contributed by atoms with Crippen molar-refractivity contribution < 1.29 is 19.1 Å². The number of imide groups is 1. The molecule has 0 aliphatic carbocycles. The van der Waals surface area contributed by atoms with E-state index in [9.17, 15) is 14.4 Å². The summed E-state index contributed by atoms with van der Waals surface area (Å²) in [5.74, 6) is -0.987. The molecule has 6 nitrogen and oxygen atoms in total. The summed E-state index contributed by atoms with van der Waals surface area (Å²) in [7, 11) is 0. The van der Waals surface area contributed by atoms with E-state index in [1.807, 2.05) is 48.7 Å². The highest BCUT2D eigenvalue weighted by molar-refractivity contribution is 7.13. The molecular weight excluding hydrogens is 400 g/mol. The van der Waals surface area contributed by atoms with Gasteiger partial charge >= 0.3 is 5.97 Å². The van der Waals surface area contributed by atoms with Crippen LogP contribution >= 0.6 is 11.3 Å². The lowest BCUT2D eigenvalue weighted by molar-refractivity contribution is -0.145. The van der Waals surface area contributed by atoms with E-state index in [-0.39, 0.29) is 37.4 Å². The molecule has 1 aliphatic rings. The van der Waals surface area contributed by atoms with Crippen LogP contribution in [0.25, 0.3) is 10.6 Å². The SMILES string of the molecule is Cc1ccc2c(c1)C(=O)N(CCCC(=O)OCc1csc(-c3ccccc3)n1)C2=O. The maximum absolute atomic E-state index is 12.4. The molecule has 1 aromatic heterocycles. The number of fused-ring (bicyclic) bond motifs is 1. The Morgan fingerprint density at radius 2 is 1.83 bits per heavy atom. The number of aryl methyl sites for hydroxylation is 1. The summed E-state index contributed by atoms with van der Waals surface area (Å²) in [5.41, 5.74) is 3.50. The van der Waals surface area contributed by atoms with Gasteiger partial charge < -0.3 is 4.74 Å². The molecule has 0 saturated carbocycles. The Kier molecular flexibility index (Phi) is 5.72. The summed E-state index contributed by atoms with van der Waals surface area (Å²) in [6.45, 7) is 2.17. The molecular formula is C23H20N2O4S. The summed E-state index contributed by atoms with van der Waals surface area (Å²) in [6.07, 6.45) is 0.484. The number of nitrogens with zero attached hydrogens (tertiary/aromatic N) is 2. The first-order valence-corrected chi connectivity index (χ1v) is 10.5. The quantitative estimate of drug-likeness (QED) is 0.422. The van der Waals surface area contributed by atoms with Crippen LogP contribution in [0.2, 0.25) is 0 Å². The van der Waals surface area contributed by atoms with E-state index in [4.69, 9.17) is 4.74 Å². The summed E-state index contributed by atoms with van der Waals surface area (Å²) < 4.78 is 5.29. The smallest absolute Gasteiger partial charge is 0.306 e. The van der Waals surface area contributed by atoms with Gasteiger partial charge in [0.2, 0.25) is 0 Å². The minimum absolute atomic E-state index is 0.106. The van der Waals surface area contributed by atoms with E-state index < -0.39 is 0 Å². The summed E-state index contributed by atoms with van der Waals surface area (Å²) in [6, 6.07) is 15.0. The molecule has 0 radical (unpaired) electrons. The number of rotatable bonds is 7. The van der Waals surface area contributed by atoms with Crippen molar-refractivity contribution >= 4 is 29.1 Å². The van der Waals surface area contributed by atoms with Gasteiger partial charge in [-0.15, -0.1) is 11.3 Å². The highest BCUT2D eigenvalue weighted by atomic mass is 32.1. The third-order valence-corrected chi connectivity index (χ3v) is 5.78. The number of carbonyl (C=O) groups excluding carboxylic acids is 3. The predicted octanol–water partition coefficient (Wildman–Crippen LogP) is 4.24. The second kappa shape index (κ2) is 8.59. The zero-order valence-electron chi connectivity index (χ0n) is 16.5. The van der Waals surface area contributed by atoms with Crippen LogP contribution in [0.15, 0.2) is 53.9 Å². The zero-order valence-corrected chi connectivity index (χ0v) is 17.3. The van der Waals surface area contributed by atoms with E-state index in [2.05, 4.69) is 4.98 Å². The molecule has 2 heterocycles. The third kappa shape index (κ3) is 4.16. The van der Waals surface area contributed by atoms with Gasteiger partial charge in [0.25, 0.3) is 11.8 Å². The van der Waals surface area contributed by atoms with Crippen molar-refractivity contribution in [2.75, 3.05) is 6.54 Å². The fourth-order valence-electron chi connectivity index (χ4n) is 3.30. The second-order valence-electron chi connectivity index (χ2n) is 7.09. The summed E-state index contributed by atoms with van der Waals surface area (Å²) in [4.78, 5) is 42.6. The van der Waals surface area contributed by atoms with Crippen molar-refractivity contribution in [3.8, 4) is 10.6 Å². The van der Waals surface area contributed by atoms with E-state index in [0.29, 0.717) is 23.2 Å². The molecule has 0 N–H and O–H groups in total. The van der Waals surface area contributed by atoms with Gasteiger partial charge in [-0.05, 0) is 25.5 Å². The number of benzene rings is 2. The molecule has 0 fully saturated rings. The molecule has 2 aromatic carbocycles. The molecule has 1 aliphatic heterocycles. The van der Waals surface area contributed by atoms with Gasteiger partial charge in [0, 0.05) is 23.9 Å². The highest BCUT2D eigenvalue weighted by Crippen LogP contribution is 2.25. The van der Waals surface area contributed by atoms with Crippen molar-refractivity contribution in [1.29, 1.82) is 0 Å². The first-order chi connectivity index (χ1) is 14.5. The van der Waals surface area contributed by atoms with Gasteiger partial charge in [0.15, 0.2) is 0 Å². The Bertz CT molecular complexity index is 1110. The standard InChI is InChI=1S/C23H20N2O4S/c1-15-9-10-18-19(12-15)23(28)25(22(18)27)11-5-8-20(26)29-13-17-14-30-21(24-17)16-6-3-2-4-7-16/h2-4,6-7,9-10,12,14H,5,8,11,13H2,1H3. The number of esters is 1. The van der Waals surface area contributed by atoms with E-state index in [0.717, 1.165) is 16.1 Å². The first kappa shape index (κ1) is 20.0. The first-order valence-electron chi connectivity index (χ1n) is 9.65. The molecule has 2 amide bonds. The lowest BCUT2D eigenvalue weighted by atomic mass is 10.1. The van der Waals surface area contributed by atoms with Crippen LogP contribution in [-0.2, 0) is 16.1 Å². The topological polar surface area (TPSA) is 76.6 Å². The normalized spacial score (nSPS) is 12.9. The average molecular weight is 420 g/mol. The number of amides is 2. The Morgan fingerprint density at radius 3 is 2.63 bits per heavy atom. The van der Waals surface area contributed by atoms with Crippen molar-refractivity contribution in [2.24, 2.45) is 0 Å². The number of hydrogen-bond acceptors (Lipinski definition) is 6. The average Bonchev–Trinajstić information content (AvgIpc) is 3.32. The number of thiazole rings is 1. The van der Waals surface area contributed by atoms with Crippen LogP contribution in [0, 0.1) is 6.92 Å². The van der Waals surface area contributed by atoms with Gasteiger partial charge in [0.05, 0.1) is 16.8 Å². The fraction of sp³-hybridized carbons (Fsp3) is 0.217.